The van der Waals surface area contributed by atoms with E-state index in [0.29, 0.717) is 21.1 Å². The molecular weight excluding hydrogens is 431 g/mol. The van der Waals surface area contributed by atoms with Crippen LogP contribution in [0.25, 0.3) is 11.1 Å². The van der Waals surface area contributed by atoms with Crippen LogP contribution in [0.15, 0.2) is 30.3 Å². The Kier molecular flexibility index (Phi) is 7.26. The maximum absolute atomic E-state index is 10.2. The van der Waals surface area contributed by atoms with E-state index in [1.165, 1.54) is 6.07 Å². The number of nitrogen functional groups attached to an aromatic ring is 2. The molecule has 10 heteroatoms. The van der Waals surface area contributed by atoms with E-state index in [0.717, 1.165) is 34.6 Å². The molecule has 5 N–H and O–H groups in total. The summed E-state index contributed by atoms with van der Waals surface area (Å²) in [6.45, 7) is 2.01. The van der Waals surface area contributed by atoms with E-state index in [9.17, 15) is 9.90 Å². The van der Waals surface area contributed by atoms with E-state index >= 15 is 0 Å². The lowest BCUT2D eigenvalue weighted by atomic mass is 10.0. The van der Waals surface area contributed by atoms with Crippen LogP contribution in [0.1, 0.15) is 23.0 Å². The summed E-state index contributed by atoms with van der Waals surface area (Å²) in [6.07, 6.45) is 0.765. The van der Waals surface area contributed by atoms with Crippen LogP contribution in [-0.2, 0) is 6.42 Å². The summed E-state index contributed by atoms with van der Waals surface area (Å²) in [5.41, 5.74) is 14.3. The number of thiophene rings is 1. The molecule has 0 bridgehead atoms. The fourth-order valence-electron chi connectivity index (χ4n) is 2.26. The average molecular weight is 446 g/mol. The van der Waals surface area contributed by atoms with Gasteiger partial charge in [0.05, 0.1) is 15.9 Å². The quantitative estimate of drug-likeness (QED) is 0.640. The summed E-state index contributed by atoms with van der Waals surface area (Å²) in [7, 11) is 0. The van der Waals surface area contributed by atoms with E-state index in [1.54, 1.807) is 0 Å². The number of aromatic amines is 1. The molecule has 0 atom stereocenters. The molecule has 3 aromatic rings. The number of nitrogens with zero attached hydrogens (tertiary/aromatic N) is 1. The van der Waals surface area contributed by atoms with Crippen molar-refractivity contribution in [1.82, 2.24) is 4.98 Å². The second-order valence-electron chi connectivity index (χ2n) is 5.24. The monoisotopic (exact) mass is 444 g/mol. The molecule has 0 spiro atoms. The SMILES string of the molecule is CCc1nc(N)[nH+]c(N)c1-c1ccc(Cl)cc1.O=C([O-])c1cc(Cl)sc1Cl. The van der Waals surface area contributed by atoms with Crippen LogP contribution >= 0.6 is 46.1 Å². The third-order valence-corrected chi connectivity index (χ3v) is 5.16. The van der Waals surface area contributed by atoms with Crippen molar-refractivity contribution in [2.24, 2.45) is 0 Å². The third kappa shape index (κ3) is 5.46. The maximum Gasteiger partial charge on any atom is 0.342 e. The van der Waals surface area contributed by atoms with Gasteiger partial charge in [-0.3, -0.25) is 0 Å². The van der Waals surface area contributed by atoms with Crippen molar-refractivity contribution < 1.29 is 14.9 Å². The minimum Gasteiger partial charge on any atom is -0.545 e. The second kappa shape index (κ2) is 9.23. The fraction of sp³-hybridized carbons (Fsp3) is 0.118. The van der Waals surface area contributed by atoms with Crippen molar-refractivity contribution in [2.45, 2.75) is 13.3 Å². The van der Waals surface area contributed by atoms with Crippen LogP contribution in [-0.4, -0.2) is 11.0 Å². The first-order chi connectivity index (χ1) is 12.7. The molecule has 0 amide bonds. The normalized spacial score (nSPS) is 10.2. The Balaban J connectivity index is 0.000000223. The van der Waals surface area contributed by atoms with E-state index in [1.807, 2.05) is 31.2 Å². The molecule has 0 aliphatic rings. The lowest BCUT2D eigenvalue weighted by molar-refractivity contribution is -0.346. The molecule has 0 aliphatic carbocycles. The number of hydrogen-bond donors (Lipinski definition) is 2. The molecular formula is C17H15Cl3N4O2S. The lowest BCUT2D eigenvalue weighted by Crippen LogP contribution is -2.21. The molecule has 1 aromatic carbocycles. The van der Waals surface area contributed by atoms with E-state index in [2.05, 4.69) is 9.97 Å². The number of nitrogens with one attached hydrogen (secondary N) is 1. The third-order valence-electron chi connectivity index (χ3n) is 3.42. The van der Waals surface area contributed by atoms with Crippen LogP contribution in [0, 0.1) is 0 Å². The number of aromatic nitrogens is 2. The predicted octanol–water partition coefficient (Wildman–Crippen LogP) is 3.36. The number of anilines is 2. The van der Waals surface area contributed by atoms with Gasteiger partial charge in [0.1, 0.15) is 10.0 Å². The number of H-pyrrole nitrogens is 1. The Morgan fingerprint density at radius 2 is 1.85 bits per heavy atom. The Morgan fingerprint density at radius 1 is 1.22 bits per heavy atom. The zero-order valence-electron chi connectivity index (χ0n) is 14.1. The molecule has 0 unspecified atom stereocenters. The molecule has 142 valence electrons. The van der Waals surface area contributed by atoms with E-state index in [4.69, 9.17) is 46.3 Å². The molecule has 3 rings (SSSR count). The van der Waals surface area contributed by atoms with Gasteiger partial charge in [-0.05, 0) is 30.2 Å². The number of carbonyl (C=O) groups is 1. The van der Waals surface area contributed by atoms with Crippen molar-refractivity contribution in [3.63, 3.8) is 0 Å². The van der Waals surface area contributed by atoms with Gasteiger partial charge in [0.15, 0.2) is 0 Å². The number of aryl methyl sites for hydroxylation is 1. The predicted molar refractivity (Wildman–Crippen MR) is 108 cm³/mol. The Hall–Kier alpha value is -2.06. The first kappa shape index (κ1) is 21.2. The van der Waals surface area contributed by atoms with Gasteiger partial charge in [0, 0.05) is 10.6 Å². The molecule has 0 aliphatic heterocycles. The van der Waals surface area contributed by atoms with Gasteiger partial charge in [-0.25, -0.2) is 4.98 Å². The molecule has 6 nitrogen and oxygen atoms in total. The van der Waals surface area contributed by atoms with Crippen molar-refractivity contribution in [3.8, 4) is 11.1 Å². The minimum absolute atomic E-state index is 0.0448. The van der Waals surface area contributed by atoms with Crippen molar-refractivity contribution in [1.29, 1.82) is 0 Å². The van der Waals surface area contributed by atoms with Crippen LogP contribution < -0.4 is 21.6 Å². The number of aromatic carboxylic acids is 1. The number of halogens is 3. The van der Waals surface area contributed by atoms with Crippen molar-refractivity contribution >= 4 is 63.9 Å². The van der Waals surface area contributed by atoms with Gasteiger partial charge in [-0.1, -0.05) is 53.9 Å². The first-order valence-electron chi connectivity index (χ1n) is 7.62. The summed E-state index contributed by atoms with van der Waals surface area (Å²) < 4.78 is 0.509. The molecule has 0 saturated carbocycles. The maximum atomic E-state index is 10.2. The van der Waals surface area contributed by atoms with Gasteiger partial charge in [0.25, 0.3) is 0 Å². The largest absolute Gasteiger partial charge is 0.545 e. The van der Waals surface area contributed by atoms with Crippen LogP contribution in [0.3, 0.4) is 0 Å². The first-order valence-corrected chi connectivity index (χ1v) is 9.57. The highest BCUT2D eigenvalue weighted by Crippen LogP contribution is 2.30. The van der Waals surface area contributed by atoms with Crippen LogP contribution in [0.5, 0.6) is 0 Å². The highest BCUT2D eigenvalue weighted by Gasteiger charge is 2.15. The second-order valence-corrected chi connectivity index (χ2v) is 7.97. The Morgan fingerprint density at radius 3 is 2.30 bits per heavy atom. The van der Waals surface area contributed by atoms with Crippen molar-refractivity contribution in [2.75, 3.05) is 11.5 Å². The number of rotatable bonds is 3. The summed E-state index contributed by atoms with van der Waals surface area (Å²) in [4.78, 5) is 17.3. The number of carboxylic acid groups (broad SMARTS) is 1. The molecule has 0 saturated heterocycles. The number of nitrogens with two attached hydrogens (primary N) is 2. The molecule has 0 fully saturated rings. The van der Waals surface area contributed by atoms with Crippen LogP contribution in [0.2, 0.25) is 13.7 Å². The number of hydrogen-bond acceptors (Lipinski definition) is 6. The highest BCUT2D eigenvalue weighted by atomic mass is 35.5. The van der Waals surface area contributed by atoms with Gasteiger partial charge in [0.2, 0.25) is 5.82 Å². The summed E-state index contributed by atoms with van der Waals surface area (Å²) in [5, 5.41) is 10.9. The van der Waals surface area contributed by atoms with Gasteiger partial charge >= 0.3 is 5.95 Å². The lowest BCUT2D eigenvalue weighted by Gasteiger charge is -2.07. The van der Waals surface area contributed by atoms with Gasteiger partial charge in [-0.15, -0.1) is 16.3 Å². The summed E-state index contributed by atoms with van der Waals surface area (Å²) in [5.74, 6) is -0.443. The van der Waals surface area contributed by atoms with Crippen LogP contribution in [0.4, 0.5) is 11.8 Å². The minimum atomic E-state index is -1.30. The van der Waals surface area contributed by atoms with Crippen molar-refractivity contribution in [3.05, 3.63) is 55.3 Å². The van der Waals surface area contributed by atoms with Gasteiger partial charge in [-0.2, -0.15) is 0 Å². The number of carbonyl (C=O) groups excluding carboxylic acids is 1. The number of carboxylic acids is 1. The highest BCUT2D eigenvalue weighted by molar-refractivity contribution is 7.20. The molecule has 2 aromatic heterocycles. The smallest absolute Gasteiger partial charge is 0.342 e. The Bertz CT molecular complexity index is 962. The zero-order valence-corrected chi connectivity index (χ0v) is 17.1. The zero-order chi connectivity index (χ0) is 20.1. The molecule has 27 heavy (non-hydrogen) atoms. The molecule has 2 heterocycles. The van der Waals surface area contributed by atoms with E-state index < -0.39 is 5.97 Å². The summed E-state index contributed by atoms with van der Waals surface area (Å²) in [6, 6.07) is 8.75. The topological polar surface area (TPSA) is 119 Å². The van der Waals surface area contributed by atoms with E-state index in [-0.39, 0.29) is 9.90 Å². The van der Waals surface area contributed by atoms with Gasteiger partial charge < -0.3 is 21.4 Å². The number of benzene rings is 1. The Labute approximate surface area is 174 Å². The average Bonchev–Trinajstić information content (AvgIpc) is 2.94. The summed E-state index contributed by atoms with van der Waals surface area (Å²) >= 11 is 17.8. The fourth-order valence-corrected chi connectivity index (χ4v) is 3.83. The standard InChI is InChI=1S/C12H13ClN4.C5H2Cl2O2S/c1-2-9-10(11(14)17-12(15)16-9)7-3-5-8(13)6-4-7;6-3-1-2(5(8)9)4(7)10-3/h3-6H,2H2,1H3,(H4,14,15,16,17);1H,(H,8,9). The molecule has 0 radical (unpaired) electrons.